The van der Waals surface area contributed by atoms with Crippen LogP contribution in [0.5, 0.6) is 11.5 Å². The number of primary amides is 1. The van der Waals surface area contributed by atoms with E-state index in [4.69, 9.17) is 45.9 Å². The van der Waals surface area contributed by atoms with Crippen molar-refractivity contribution in [1.82, 2.24) is 69.1 Å². The molecule has 0 spiro atoms. The number of guanidine groups is 1. The summed E-state index contributed by atoms with van der Waals surface area (Å²) in [6, 6.07) is -9.39. The maximum Gasteiger partial charge on any atom is 0.326 e. The SMILES string of the molecule is CC(C)NCCC[C@H](NC(=O)[C@H](CCN)NC(=O)[C@H](CS)NC(=O)[C@H](CCCCN)NC(=O)[C@@H](CCN)NC(=O)[C@@H](NC(=O)[C@H](CCN)NC(=O)[C@H](CCCN=C(N)N)NC(=O)[C@H](CC(N)=O)NC(=O)[C@@H](NC(=O)[C@H](Cc1ccc(O)cc1)NC(=O)[C@@H](N)[C@@H](C)O)C(C)(C)S)[C@@H](C)O)C(=O)N[C@@H](Cc1ccc(O)cc1)C(=O)O. The number of nitrogens with one attached hydrogen (secondary N) is 13. The van der Waals surface area contributed by atoms with Crippen molar-refractivity contribution in [1.29, 1.82) is 0 Å². The zero-order valence-electron chi connectivity index (χ0n) is 64.4. The molecule has 0 saturated carbocycles. The summed E-state index contributed by atoms with van der Waals surface area (Å²) in [4.78, 5) is 198. The van der Waals surface area contributed by atoms with E-state index in [-0.39, 0.29) is 126 Å². The van der Waals surface area contributed by atoms with Crippen molar-refractivity contribution < 1.29 is 92.7 Å². The standard InChI is InChI=1S/C70H118N22O19S2/c1-35(2)79-29-9-12-44(57(99)89-50(68(110)111)32-39-16-20-41(96)21-17-39)82-59(101)45(22-26-72)85-64(106)51(34-112)90-58(100)42(11-7-8-25-71)81-60(102)46(23-27-73)86-66(108)54(37(4)94)91-61(103)47(24-28-74)84-56(98)43(13-10-30-80-69(77)78)83-62(104)49(33-52(75)97)88-67(109)55(70(5,6)113)92-63(105)48(87-65(107)53(76)36(3)93)31-38-14-18-40(95)19-15-38/h14-21,35-37,42-51,53-55,79,93-96,112-113H,7-13,22-34,71-74,76H2,1-6H3,(H2,75,97)(H,81,102)(H,82,101)(H,83,104)(H,84,98)(H,85,106)(H,86,108)(H,87,107)(H,88,109)(H,89,99)(H,90,100)(H,91,103)(H,92,105)(H,110,111)(H4,77,78,80)/t36-,37-,42+,43+,44+,45+,46-,47+,48+,49+,50+,51+,53+,54+,55-/m1/s1. The van der Waals surface area contributed by atoms with Gasteiger partial charge in [-0.1, -0.05) is 38.1 Å². The zero-order chi connectivity index (χ0) is 85.4. The van der Waals surface area contributed by atoms with Crippen molar-refractivity contribution in [2.75, 3.05) is 45.0 Å². The summed E-state index contributed by atoms with van der Waals surface area (Å²) in [5.41, 5.74) is 46.8. The van der Waals surface area contributed by atoms with Gasteiger partial charge < -0.3 is 141 Å². The predicted octanol–water partition coefficient (Wildman–Crippen LogP) is -8.61. The van der Waals surface area contributed by atoms with Gasteiger partial charge in [0, 0.05) is 35.9 Å². The summed E-state index contributed by atoms with van der Waals surface area (Å²) < 4.78 is -1.50. The van der Waals surface area contributed by atoms with E-state index in [9.17, 15) is 92.7 Å². The van der Waals surface area contributed by atoms with Crippen LogP contribution in [-0.2, 0) is 80.0 Å². The van der Waals surface area contributed by atoms with Crippen molar-refractivity contribution in [2.24, 2.45) is 50.9 Å². The first-order valence-corrected chi connectivity index (χ1v) is 37.9. The number of aliphatic hydroxyl groups excluding tert-OH is 2. The number of aliphatic carboxylic acids is 1. The van der Waals surface area contributed by atoms with Gasteiger partial charge >= 0.3 is 5.97 Å². The Kier molecular flexibility index (Phi) is 44.9. The second-order valence-corrected chi connectivity index (χ2v) is 29.4. The highest BCUT2D eigenvalue weighted by atomic mass is 32.1. The van der Waals surface area contributed by atoms with Crippen molar-refractivity contribution in [3.63, 3.8) is 0 Å². The molecule has 0 bridgehead atoms. The number of nitrogens with zero attached hydrogens (tertiary/aromatic N) is 1. The second kappa shape index (κ2) is 51.1. The number of amides is 13. The maximum atomic E-state index is 14.4. The third-order valence-corrected chi connectivity index (χ3v) is 17.9. The molecule has 15 atom stereocenters. The maximum absolute atomic E-state index is 14.4. The number of unbranched alkanes of at least 4 members (excludes halogenated alkanes) is 1. The van der Waals surface area contributed by atoms with E-state index in [1.165, 1.54) is 69.3 Å². The molecule has 0 radical (unpaired) electrons. The largest absolute Gasteiger partial charge is 0.508 e. The van der Waals surface area contributed by atoms with E-state index >= 15 is 0 Å². The van der Waals surface area contributed by atoms with Crippen LogP contribution in [0.15, 0.2) is 53.5 Å². The molecule has 43 heteroatoms. The Balaban J connectivity index is 2.44. The van der Waals surface area contributed by atoms with Crippen LogP contribution in [0, 0.1) is 0 Å². The molecule has 2 rings (SSSR count). The Bertz CT molecular complexity index is 3480. The van der Waals surface area contributed by atoms with Crippen molar-refractivity contribution >= 4 is 114 Å². The molecule has 634 valence electrons. The molecule has 0 heterocycles. The van der Waals surface area contributed by atoms with Crippen LogP contribution in [0.3, 0.4) is 0 Å². The number of phenolic OH excluding ortho intramolecular Hbond substituents is 2. The van der Waals surface area contributed by atoms with Gasteiger partial charge in [-0.2, -0.15) is 25.3 Å². The molecule has 0 unspecified atom stereocenters. The van der Waals surface area contributed by atoms with Gasteiger partial charge in [-0.3, -0.25) is 67.3 Å². The highest BCUT2D eigenvalue weighted by Crippen LogP contribution is 2.21. The fourth-order valence-corrected chi connectivity index (χ4v) is 11.4. The lowest BCUT2D eigenvalue weighted by Gasteiger charge is -2.33. The van der Waals surface area contributed by atoms with Crippen LogP contribution in [0.2, 0.25) is 0 Å². The highest BCUT2D eigenvalue weighted by molar-refractivity contribution is 7.81. The van der Waals surface area contributed by atoms with Crippen molar-refractivity contribution in [3.05, 3.63) is 59.7 Å². The number of hydrogen-bond acceptors (Lipinski definition) is 27. The number of rotatable bonds is 54. The number of carbonyl (C=O) groups is 14. The molecule has 0 saturated heterocycles. The van der Waals surface area contributed by atoms with Crippen LogP contribution in [0.1, 0.15) is 123 Å². The number of aromatic hydroxyl groups is 2. The van der Waals surface area contributed by atoms with Gasteiger partial charge in [-0.15, -0.1) is 0 Å². The monoisotopic (exact) mass is 1630 g/mol. The van der Waals surface area contributed by atoms with Crippen molar-refractivity contribution in [2.45, 2.75) is 227 Å². The number of hydrogen-bond donors (Lipinski definition) is 28. The minimum atomic E-state index is -1.92. The fourth-order valence-electron chi connectivity index (χ4n) is 10.9. The minimum absolute atomic E-state index is 0.0119. The van der Waals surface area contributed by atoms with Gasteiger partial charge in [-0.25, -0.2) is 4.79 Å². The summed E-state index contributed by atoms with van der Waals surface area (Å²) in [5, 5.41) is 83.5. The van der Waals surface area contributed by atoms with Crippen LogP contribution in [0.25, 0.3) is 0 Å². The van der Waals surface area contributed by atoms with Gasteiger partial charge in [-0.05, 0) is 160 Å². The topological polar surface area (TPSA) is 717 Å². The Labute approximate surface area is 666 Å². The number of thiol groups is 2. The van der Waals surface area contributed by atoms with E-state index in [0.717, 1.165) is 6.92 Å². The number of nitrogens with two attached hydrogens (primary N) is 8. The third kappa shape index (κ3) is 37.2. The number of benzene rings is 2. The summed E-state index contributed by atoms with van der Waals surface area (Å²) in [6.07, 6.45) is -4.90. The first-order valence-electron chi connectivity index (χ1n) is 36.9. The molecule has 0 aliphatic carbocycles. The molecular weight excluding hydrogens is 1520 g/mol. The zero-order valence-corrected chi connectivity index (χ0v) is 66.2. The van der Waals surface area contributed by atoms with Crippen LogP contribution in [-0.4, -0.2) is 261 Å². The Morgan fingerprint density at radius 2 is 0.796 bits per heavy atom. The Hall–Kier alpha value is -9.73. The lowest BCUT2D eigenvalue weighted by Crippen LogP contribution is -2.64. The molecule has 34 N–H and O–H groups in total. The fraction of sp³-hybridized carbons (Fsp3) is 0.614. The average molecular weight is 1640 g/mol. The van der Waals surface area contributed by atoms with Crippen LogP contribution in [0.4, 0.5) is 0 Å². The molecule has 113 heavy (non-hydrogen) atoms. The third-order valence-electron chi connectivity index (χ3n) is 17.3. The van der Waals surface area contributed by atoms with E-state index in [1.807, 2.05) is 13.8 Å². The highest BCUT2D eigenvalue weighted by Gasteiger charge is 2.41. The molecule has 0 aromatic heterocycles. The average Bonchev–Trinajstić information content (AvgIpc) is 0.816. The van der Waals surface area contributed by atoms with Crippen LogP contribution >= 0.6 is 25.3 Å². The molecule has 0 aliphatic rings. The normalized spacial score (nSPS) is 15.3. The number of aliphatic hydroxyl groups is 2. The Morgan fingerprint density at radius 1 is 0.434 bits per heavy atom. The van der Waals surface area contributed by atoms with Gasteiger partial charge in [0.15, 0.2) is 5.96 Å². The first kappa shape index (κ1) is 99.3. The van der Waals surface area contributed by atoms with E-state index < -0.39 is 185 Å². The number of carboxylic acids is 1. The summed E-state index contributed by atoms with van der Waals surface area (Å²) >= 11 is 8.80. The first-order chi connectivity index (χ1) is 53.1. The number of phenols is 2. The molecule has 0 aliphatic heterocycles. The smallest absolute Gasteiger partial charge is 0.326 e. The van der Waals surface area contributed by atoms with Crippen molar-refractivity contribution in [3.8, 4) is 11.5 Å². The van der Waals surface area contributed by atoms with Crippen LogP contribution < -0.4 is 115 Å². The molecule has 0 fully saturated rings. The summed E-state index contributed by atoms with van der Waals surface area (Å²) in [7, 11) is 0. The lowest BCUT2D eigenvalue weighted by molar-refractivity contribution is -0.142. The molecular formula is C70H118N22O19S2. The molecule has 41 nitrogen and oxygen atoms in total. The number of carbonyl (C=O) groups excluding carboxylic acids is 13. The Morgan fingerprint density at radius 3 is 1.19 bits per heavy atom. The van der Waals surface area contributed by atoms with Gasteiger partial charge in [0.1, 0.15) is 90.0 Å². The van der Waals surface area contributed by atoms with E-state index in [2.05, 4.69) is 99.4 Å². The molecule has 13 amide bonds. The molecule has 2 aromatic carbocycles. The van der Waals surface area contributed by atoms with Gasteiger partial charge in [0.25, 0.3) is 0 Å². The quantitative estimate of drug-likeness (QED) is 0.0127. The molecule has 2 aromatic rings. The number of aliphatic imine (C=N–C) groups is 1. The lowest BCUT2D eigenvalue weighted by atomic mass is 9.99. The summed E-state index contributed by atoms with van der Waals surface area (Å²) in [6.45, 7) is 8.61. The second-order valence-electron chi connectivity index (χ2n) is 27.8. The van der Waals surface area contributed by atoms with Gasteiger partial charge in [0.05, 0.1) is 18.6 Å². The van der Waals surface area contributed by atoms with E-state index in [0.29, 0.717) is 30.5 Å². The van der Waals surface area contributed by atoms with Gasteiger partial charge in [0.2, 0.25) is 76.8 Å². The summed E-state index contributed by atoms with van der Waals surface area (Å²) in [5.74, 6) is -15.8. The number of carboxylic acid groups (broad SMARTS) is 1. The predicted molar refractivity (Wildman–Crippen MR) is 423 cm³/mol. The van der Waals surface area contributed by atoms with E-state index in [1.54, 1.807) is 0 Å². The minimum Gasteiger partial charge on any atom is -0.508 e.